The molecule has 0 amide bonds. The Labute approximate surface area is 83.3 Å². The van der Waals surface area contributed by atoms with Crippen LogP contribution < -0.4 is 0 Å². The minimum absolute atomic E-state index is 0.925. The third-order valence-corrected chi connectivity index (χ3v) is 2.08. The van der Waals surface area contributed by atoms with E-state index >= 15 is 0 Å². The number of hydrogen-bond donors (Lipinski definition) is 0. The van der Waals surface area contributed by atoms with Crippen LogP contribution in [0.4, 0.5) is 0 Å². The van der Waals surface area contributed by atoms with Crippen LogP contribution in [-0.4, -0.2) is 38.3 Å². The standard InChI is InChI=1S/C11H25NO/c1-4-6-10-13-11-7-9-12(3)8-5-2/h4-11H2,1-3H3. The van der Waals surface area contributed by atoms with Gasteiger partial charge in [-0.05, 0) is 32.9 Å². The first kappa shape index (κ1) is 12.9. The summed E-state index contributed by atoms with van der Waals surface area (Å²) in [5, 5.41) is 0. The zero-order valence-electron chi connectivity index (χ0n) is 9.51. The molecule has 13 heavy (non-hydrogen) atoms. The lowest BCUT2D eigenvalue weighted by molar-refractivity contribution is 0.121. The van der Waals surface area contributed by atoms with E-state index in [1.165, 1.54) is 38.8 Å². The molecule has 0 saturated carbocycles. The van der Waals surface area contributed by atoms with E-state index in [1.807, 2.05) is 0 Å². The Morgan fingerprint density at radius 1 is 0.923 bits per heavy atom. The lowest BCUT2D eigenvalue weighted by atomic mass is 10.3. The first-order valence-corrected chi connectivity index (χ1v) is 5.57. The van der Waals surface area contributed by atoms with Gasteiger partial charge in [-0.2, -0.15) is 0 Å². The van der Waals surface area contributed by atoms with Crippen LogP contribution in [0.15, 0.2) is 0 Å². The van der Waals surface area contributed by atoms with E-state index in [-0.39, 0.29) is 0 Å². The monoisotopic (exact) mass is 187 g/mol. The maximum atomic E-state index is 5.48. The number of unbranched alkanes of at least 4 members (excludes halogenated alkanes) is 1. The molecule has 0 rings (SSSR count). The predicted molar refractivity (Wildman–Crippen MR) is 58.1 cm³/mol. The van der Waals surface area contributed by atoms with Gasteiger partial charge in [-0.15, -0.1) is 0 Å². The Morgan fingerprint density at radius 3 is 2.23 bits per heavy atom. The van der Waals surface area contributed by atoms with Crippen LogP contribution in [-0.2, 0) is 4.74 Å². The summed E-state index contributed by atoms with van der Waals surface area (Å²) < 4.78 is 5.48. The zero-order chi connectivity index (χ0) is 9.94. The molecule has 0 unspecified atom stereocenters. The first-order chi connectivity index (χ1) is 6.31. The van der Waals surface area contributed by atoms with E-state index in [9.17, 15) is 0 Å². The Morgan fingerprint density at radius 2 is 1.62 bits per heavy atom. The van der Waals surface area contributed by atoms with Gasteiger partial charge in [0.2, 0.25) is 0 Å². The van der Waals surface area contributed by atoms with Crippen LogP contribution >= 0.6 is 0 Å². The molecule has 0 fully saturated rings. The molecule has 0 radical (unpaired) electrons. The second-order valence-electron chi connectivity index (χ2n) is 3.62. The molecule has 0 bridgehead atoms. The van der Waals surface area contributed by atoms with Gasteiger partial charge >= 0.3 is 0 Å². The molecule has 0 aromatic carbocycles. The number of hydrogen-bond acceptors (Lipinski definition) is 2. The van der Waals surface area contributed by atoms with Crippen molar-refractivity contribution in [3.8, 4) is 0 Å². The molecular formula is C11H25NO. The summed E-state index contributed by atoms with van der Waals surface area (Å²) in [6.07, 6.45) is 4.84. The summed E-state index contributed by atoms with van der Waals surface area (Å²) in [7, 11) is 2.18. The molecule has 2 heteroatoms. The predicted octanol–water partition coefficient (Wildman–Crippen LogP) is 2.54. The second-order valence-corrected chi connectivity index (χ2v) is 3.62. The lowest BCUT2D eigenvalue weighted by Gasteiger charge is -2.14. The van der Waals surface area contributed by atoms with Gasteiger partial charge in [0.05, 0.1) is 0 Å². The highest BCUT2D eigenvalue weighted by Crippen LogP contribution is 1.92. The third-order valence-electron chi connectivity index (χ3n) is 2.08. The highest BCUT2D eigenvalue weighted by atomic mass is 16.5. The van der Waals surface area contributed by atoms with E-state index in [0.717, 1.165) is 13.2 Å². The van der Waals surface area contributed by atoms with Crippen LogP contribution in [0.5, 0.6) is 0 Å². The minimum Gasteiger partial charge on any atom is -0.381 e. The van der Waals surface area contributed by atoms with Gasteiger partial charge < -0.3 is 9.64 Å². The number of ether oxygens (including phenoxy) is 1. The molecule has 0 aliphatic carbocycles. The van der Waals surface area contributed by atoms with Gasteiger partial charge in [-0.3, -0.25) is 0 Å². The van der Waals surface area contributed by atoms with Crippen LogP contribution in [0.3, 0.4) is 0 Å². The van der Waals surface area contributed by atoms with Gasteiger partial charge in [-0.25, -0.2) is 0 Å². The Kier molecular flexibility index (Phi) is 9.94. The van der Waals surface area contributed by atoms with Crippen LogP contribution in [0.2, 0.25) is 0 Å². The minimum atomic E-state index is 0.925. The lowest BCUT2D eigenvalue weighted by Crippen LogP contribution is -2.21. The maximum absolute atomic E-state index is 5.48. The highest BCUT2D eigenvalue weighted by Gasteiger charge is 1.95. The largest absolute Gasteiger partial charge is 0.381 e. The molecule has 0 heterocycles. The summed E-state index contributed by atoms with van der Waals surface area (Å²) in [4.78, 5) is 2.36. The smallest absolute Gasteiger partial charge is 0.0478 e. The Balaban J connectivity index is 2.97. The summed E-state index contributed by atoms with van der Waals surface area (Å²) in [5.41, 5.74) is 0. The summed E-state index contributed by atoms with van der Waals surface area (Å²) >= 11 is 0. The third kappa shape index (κ3) is 9.84. The van der Waals surface area contributed by atoms with Gasteiger partial charge in [-0.1, -0.05) is 20.3 Å². The summed E-state index contributed by atoms with van der Waals surface area (Å²) in [6, 6.07) is 0. The van der Waals surface area contributed by atoms with Gasteiger partial charge in [0, 0.05) is 19.8 Å². The number of nitrogens with zero attached hydrogens (tertiary/aromatic N) is 1. The maximum Gasteiger partial charge on any atom is 0.0478 e. The van der Waals surface area contributed by atoms with Crippen LogP contribution in [0.25, 0.3) is 0 Å². The topological polar surface area (TPSA) is 12.5 Å². The Hall–Kier alpha value is -0.0800. The fraction of sp³-hybridized carbons (Fsp3) is 1.00. The van der Waals surface area contributed by atoms with Gasteiger partial charge in [0.15, 0.2) is 0 Å². The van der Waals surface area contributed by atoms with Crippen LogP contribution in [0, 0.1) is 0 Å². The first-order valence-electron chi connectivity index (χ1n) is 5.57. The molecule has 0 aliphatic rings. The molecule has 0 saturated heterocycles. The van der Waals surface area contributed by atoms with Crippen molar-refractivity contribution in [3.63, 3.8) is 0 Å². The average molecular weight is 187 g/mol. The van der Waals surface area contributed by atoms with Crippen molar-refractivity contribution >= 4 is 0 Å². The van der Waals surface area contributed by atoms with Gasteiger partial charge in [0.1, 0.15) is 0 Å². The number of rotatable bonds is 9. The summed E-state index contributed by atoms with van der Waals surface area (Å²) in [5.74, 6) is 0. The van der Waals surface area contributed by atoms with E-state index in [2.05, 4.69) is 25.8 Å². The van der Waals surface area contributed by atoms with Gasteiger partial charge in [0.25, 0.3) is 0 Å². The van der Waals surface area contributed by atoms with Crippen molar-refractivity contribution in [3.05, 3.63) is 0 Å². The van der Waals surface area contributed by atoms with Crippen molar-refractivity contribution in [1.82, 2.24) is 4.90 Å². The second kappa shape index (κ2) is 10.0. The normalized spacial score (nSPS) is 11.1. The van der Waals surface area contributed by atoms with E-state index in [0.29, 0.717) is 0 Å². The molecule has 0 aromatic rings. The highest BCUT2D eigenvalue weighted by molar-refractivity contribution is 4.49. The van der Waals surface area contributed by atoms with Crippen molar-refractivity contribution in [1.29, 1.82) is 0 Å². The molecule has 2 nitrogen and oxygen atoms in total. The fourth-order valence-electron chi connectivity index (χ4n) is 1.28. The molecular weight excluding hydrogens is 162 g/mol. The van der Waals surface area contributed by atoms with Crippen molar-refractivity contribution in [2.45, 2.75) is 39.5 Å². The van der Waals surface area contributed by atoms with Crippen LogP contribution in [0.1, 0.15) is 39.5 Å². The molecule has 0 spiro atoms. The quantitative estimate of drug-likeness (QED) is 0.514. The van der Waals surface area contributed by atoms with Crippen molar-refractivity contribution < 1.29 is 4.74 Å². The van der Waals surface area contributed by atoms with Crippen molar-refractivity contribution in [2.24, 2.45) is 0 Å². The summed E-state index contributed by atoms with van der Waals surface area (Å²) in [6.45, 7) is 8.64. The fourth-order valence-corrected chi connectivity index (χ4v) is 1.28. The molecule has 80 valence electrons. The van der Waals surface area contributed by atoms with E-state index in [1.54, 1.807) is 0 Å². The average Bonchev–Trinajstić information content (AvgIpc) is 2.11. The Bertz CT molecular complexity index is 96.1. The molecule has 0 atom stereocenters. The van der Waals surface area contributed by atoms with E-state index in [4.69, 9.17) is 4.74 Å². The SMILES string of the molecule is CCCCOCCCN(C)CCC. The molecule has 0 aromatic heterocycles. The molecule has 0 aliphatic heterocycles. The zero-order valence-corrected chi connectivity index (χ0v) is 9.51. The molecule has 0 N–H and O–H groups in total. The van der Waals surface area contributed by atoms with Crippen molar-refractivity contribution in [2.75, 3.05) is 33.4 Å². The van der Waals surface area contributed by atoms with E-state index < -0.39 is 0 Å².